The van der Waals surface area contributed by atoms with Gasteiger partial charge in [-0.25, -0.2) is 19.6 Å². The molecule has 2 heterocycles. The largest absolute Gasteiger partial charge is 0.505 e. The minimum Gasteiger partial charge on any atom is -0.505 e. The lowest BCUT2D eigenvalue weighted by Crippen LogP contribution is -2.00. The molecule has 0 aliphatic rings. The summed E-state index contributed by atoms with van der Waals surface area (Å²) in [6, 6.07) is 13.0. The molecule has 0 fully saturated rings. The van der Waals surface area contributed by atoms with Gasteiger partial charge >= 0.3 is 11.9 Å². The second-order valence-electron chi connectivity index (χ2n) is 7.17. The number of hydrogen-bond donors (Lipinski definition) is 4. The van der Waals surface area contributed by atoms with E-state index in [1.54, 1.807) is 36.4 Å². The van der Waals surface area contributed by atoms with Crippen LogP contribution in [0.4, 0.5) is 0 Å². The molecule has 0 amide bonds. The zero-order valence-corrected chi connectivity index (χ0v) is 16.7. The van der Waals surface area contributed by atoms with E-state index in [0.29, 0.717) is 34.7 Å². The van der Waals surface area contributed by atoms with E-state index in [4.69, 9.17) is 10.2 Å². The van der Waals surface area contributed by atoms with Crippen LogP contribution in [-0.2, 0) is 12.8 Å². The minimum absolute atomic E-state index is 0.0748. The van der Waals surface area contributed by atoms with Crippen LogP contribution in [0.15, 0.2) is 60.7 Å². The van der Waals surface area contributed by atoms with Crippen molar-refractivity contribution in [2.45, 2.75) is 12.8 Å². The highest BCUT2D eigenvalue weighted by atomic mass is 16.4. The second-order valence-corrected chi connectivity index (χ2v) is 7.17. The molecule has 0 aliphatic heterocycles. The molecule has 2 aromatic carbocycles. The normalized spacial score (nSPS) is 11.4. The van der Waals surface area contributed by atoms with Crippen molar-refractivity contribution in [3.8, 4) is 11.5 Å². The molecule has 0 spiro atoms. The molecule has 0 aliphatic carbocycles. The quantitative estimate of drug-likeness (QED) is 0.337. The van der Waals surface area contributed by atoms with Crippen LogP contribution in [0.25, 0.3) is 21.8 Å². The molecule has 4 rings (SSSR count). The molecule has 0 atom stereocenters. The summed E-state index contributed by atoms with van der Waals surface area (Å²) in [5, 5.41) is 40.5. The lowest BCUT2D eigenvalue weighted by atomic mass is 10.0. The summed E-state index contributed by atoms with van der Waals surface area (Å²) in [6.45, 7) is 0. The first kappa shape index (κ1) is 20.8. The monoisotopic (exact) mass is 430 g/mol. The maximum Gasteiger partial charge on any atom is 0.354 e. The highest BCUT2D eigenvalue weighted by Gasteiger charge is 2.12. The van der Waals surface area contributed by atoms with E-state index < -0.39 is 11.9 Å². The van der Waals surface area contributed by atoms with Crippen LogP contribution in [0.5, 0.6) is 11.5 Å². The first-order chi connectivity index (χ1) is 15.3. The van der Waals surface area contributed by atoms with Crippen LogP contribution in [0.3, 0.4) is 0 Å². The van der Waals surface area contributed by atoms with Gasteiger partial charge in [0.25, 0.3) is 0 Å². The second kappa shape index (κ2) is 8.35. The van der Waals surface area contributed by atoms with E-state index in [9.17, 15) is 19.8 Å². The average Bonchev–Trinajstić information content (AvgIpc) is 2.78. The number of fused-ring (bicyclic) bond motifs is 2. The van der Waals surface area contributed by atoms with Crippen LogP contribution in [0, 0.1) is 0 Å². The van der Waals surface area contributed by atoms with Crippen LogP contribution >= 0.6 is 0 Å². The van der Waals surface area contributed by atoms with E-state index in [1.807, 2.05) is 12.2 Å². The number of aromatic hydroxyl groups is 2. The Morgan fingerprint density at radius 2 is 1.03 bits per heavy atom. The number of rotatable bonds is 6. The standard InChI is InChI=1S/C24H18N2O6/c27-21-15(7-5-13-9-11-17(23(29)30)25-19(13)21)3-1-2-4-16-8-6-14-10-12-18(24(31)32)26-20(14)22(16)28/h1-2,5-12,27-28H,3-4H2,(H,29,30)(H,31,32)/b2-1+. The Balaban J connectivity index is 1.55. The molecule has 4 aromatic rings. The predicted molar refractivity (Wildman–Crippen MR) is 117 cm³/mol. The van der Waals surface area contributed by atoms with Gasteiger partial charge in [0.05, 0.1) is 0 Å². The number of nitrogens with zero attached hydrogens (tertiary/aromatic N) is 2. The van der Waals surface area contributed by atoms with Crippen LogP contribution in [-0.4, -0.2) is 42.3 Å². The van der Waals surface area contributed by atoms with Crippen molar-refractivity contribution in [3.63, 3.8) is 0 Å². The highest BCUT2D eigenvalue weighted by Crippen LogP contribution is 2.29. The number of benzene rings is 2. The SMILES string of the molecule is O=C(O)c1ccc2ccc(C/C=C/Cc3ccc4ccc(C(=O)O)nc4c3O)c(O)c2n1. The summed E-state index contributed by atoms with van der Waals surface area (Å²) in [6.07, 6.45) is 4.37. The number of phenolic OH excluding ortho intramolecular Hbond substituents is 2. The molecule has 160 valence electrons. The molecule has 4 N–H and O–H groups in total. The first-order valence-corrected chi connectivity index (χ1v) is 9.70. The van der Waals surface area contributed by atoms with Crippen molar-refractivity contribution in [2.75, 3.05) is 0 Å². The fourth-order valence-electron chi connectivity index (χ4n) is 3.42. The smallest absolute Gasteiger partial charge is 0.354 e. The van der Waals surface area contributed by atoms with E-state index in [2.05, 4.69) is 9.97 Å². The van der Waals surface area contributed by atoms with Gasteiger partial charge in [-0.3, -0.25) is 0 Å². The average molecular weight is 430 g/mol. The summed E-state index contributed by atoms with van der Waals surface area (Å²) < 4.78 is 0. The van der Waals surface area contributed by atoms with E-state index in [-0.39, 0.29) is 33.9 Å². The summed E-state index contributed by atoms with van der Waals surface area (Å²) in [5.41, 5.74) is 1.32. The predicted octanol–water partition coefficient (Wildman–Crippen LogP) is 3.93. The van der Waals surface area contributed by atoms with Crippen LogP contribution in [0.2, 0.25) is 0 Å². The Morgan fingerprint density at radius 3 is 1.41 bits per heavy atom. The molecular weight excluding hydrogens is 412 g/mol. The van der Waals surface area contributed by atoms with Gasteiger partial charge in [0.2, 0.25) is 0 Å². The summed E-state index contributed by atoms with van der Waals surface area (Å²) in [7, 11) is 0. The third-order valence-electron chi connectivity index (χ3n) is 5.12. The van der Waals surface area contributed by atoms with Gasteiger partial charge < -0.3 is 20.4 Å². The minimum atomic E-state index is -1.17. The van der Waals surface area contributed by atoms with Gasteiger partial charge in [0.1, 0.15) is 33.9 Å². The fourth-order valence-corrected chi connectivity index (χ4v) is 3.42. The van der Waals surface area contributed by atoms with Gasteiger partial charge in [0, 0.05) is 10.8 Å². The van der Waals surface area contributed by atoms with Crippen molar-refractivity contribution in [1.82, 2.24) is 9.97 Å². The molecule has 32 heavy (non-hydrogen) atoms. The highest BCUT2D eigenvalue weighted by molar-refractivity contribution is 5.93. The molecule has 8 heteroatoms. The zero-order valence-electron chi connectivity index (χ0n) is 16.7. The topological polar surface area (TPSA) is 141 Å². The molecule has 8 nitrogen and oxygen atoms in total. The van der Waals surface area contributed by atoms with Crippen LogP contribution < -0.4 is 0 Å². The Bertz CT molecular complexity index is 1300. The number of carboxylic acid groups (broad SMARTS) is 2. The van der Waals surface area contributed by atoms with Gasteiger partial charge in [-0.1, -0.05) is 48.6 Å². The number of allylic oxidation sites excluding steroid dienone is 2. The number of carbonyl (C=O) groups is 2. The number of aromatic carboxylic acids is 2. The Hall–Kier alpha value is -4.46. The van der Waals surface area contributed by atoms with Crippen molar-refractivity contribution in [1.29, 1.82) is 0 Å². The van der Waals surface area contributed by atoms with Crippen LogP contribution in [0.1, 0.15) is 32.1 Å². The van der Waals surface area contributed by atoms with Gasteiger partial charge in [-0.05, 0) is 36.1 Å². The molecule has 0 saturated heterocycles. The maximum absolute atomic E-state index is 11.1. The number of pyridine rings is 2. The fraction of sp³-hybridized carbons (Fsp3) is 0.0833. The molecule has 0 unspecified atom stereocenters. The third-order valence-corrected chi connectivity index (χ3v) is 5.12. The number of phenols is 2. The van der Waals surface area contributed by atoms with Gasteiger partial charge in [-0.2, -0.15) is 0 Å². The molecule has 0 saturated carbocycles. The molecule has 0 bridgehead atoms. The van der Waals surface area contributed by atoms with Gasteiger partial charge in [0.15, 0.2) is 0 Å². The first-order valence-electron chi connectivity index (χ1n) is 9.70. The summed E-state index contributed by atoms with van der Waals surface area (Å²) >= 11 is 0. The third kappa shape index (κ3) is 3.93. The van der Waals surface area contributed by atoms with E-state index in [0.717, 1.165) is 0 Å². The summed E-state index contributed by atoms with van der Waals surface area (Å²) in [4.78, 5) is 30.3. The van der Waals surface area contributed by atoms with E-state index in [1.165, 1.54) is 12.1 Å². The number of hydrogen-bond acceptors (Lipinski definition) is 6. The van der Waals surface area contributed by atoms with Crippen molar-refractivity contribution >= 4 is 33.7 Å². The number of carboxylic acids is 2. The van der Waals surface area contributed by atoms with Crippen molar-refractivity contribution < 1.29 is 30.0 Å². The zero-order chi connectivity index (χ0) is 22.8. The van der Waals surface area contributed by atoms with Gasteiger partial charge in [-0.15, -0.1) is 0 Å². The Morgan fingerprint density at radius 1 is 0.656 bits per heavy atom. The molecule has 0 radical (unpaired) electrons. The maximum atomic E-state index is 11.1. The Labute approximate surface area is 181 Å². The van der Waals surface area contributed by atoms with Crippen molar-refractivity contribution in [2.24, 2.45) is 0 Å². The van der Waals surface area contributed by atoms with E-state index >= 15 is 0 Å². The number of aromatic nitrogens is 2. The Kier molecular flexibility index (Phi) is 5.43. The summed E-state index contributed by atoms with van der Waals surface area (Å²) in [5.74, 6) is -2.49. The molecule has 2 aromatic heterocycles. The lowest BCUT2D eigenvalue weighted by molar-refractivity contribution is 0.0680. The van der Waals surface area contributed by atoms with Crippen molar-refractivity contribution in [3.05, 3.63) is 83.2 Å². The molecular formula is C24H18N2O6. The lowest BCUT2D eigenvalue weighted by Gasteiger charge is -2.07.